The Bertz CT molecular complexity index is 606. The van der Waals surface area contributed by atoms with Crippen LogP contribution in [0.25, 0.3) is 0 Å². The van der Waals surface area contributed by atoms with Crippen molar-refractivity contribution >= 4 is 17.5 Å². The molecule has 0 unspecified atom stereocenters. The third kappa shape index (κ3) is 2.53. The summed E-state index contributed by atoms with van der Waals surface area (Å²) in [6.07, 6.45) is 2.77. The summed E-state index contributed by atoms with van der Waals surface area (Å²) in [5, 5.41) is 12.6. The summed E-state index contributed by atoms with van der Waals surface area (Å²) >= 11 is 1.47. The molecule has 98 valence electrons. The molecule has 0 aliphatic heterocycles. The molecule has 1 aliphatic carbocycles. The number of aromatic nitrogens is 4. The van der Waals surface area contributed by atoms with Gasteiger partial charge in [-0.2, -0.15) is 0 Å². The van der Waals surface area contributed by atoms with Crippen LogP contribution in [0.5, 0.6) is 0 Å². The molecule has 0 N–H and O–H groups in total. The second-order valence-corrected chi connectivity index (χ2v) is 5.52. The summed E-state index contributed by atoms with van der Waals surface area (Å²) < 4.78 is 1.86. The number of hydrogen-bond acceptors (Lipinski definition) is 5. The van der Waals surface area contributed by atoms with Crippen LogP contribution in [-0.4, -0.2) is 26.0 Å². The average molecular weight is 274 g/mol. The zero-order valence-corrected chi connectivity index (χ0v) is 11.4. The maximum atomic E-state index is 11.9. The number of Topliss-reactive ketones (excluding diaryl/α,β-unsaturated/α-hetero) is 1. The monoisotopic (exact) mass is 274 g/mol. The van der Waals surface area contributed by atoms with Crippen LogP contribution in [0.2, 0.25) is 0 Å². The predicted molar refractivity (Wildman–Crippen MR) is 71.3 cm³/mol. The van der Waals surface area contributed by atoms with Crippen molar-refractivity contribution in [3.63, 3.8) is 0 Å². The van der Waals surface area contributed by atoms with Crippen molar-refractivity contribution in [3.05, 3.63) is 29.8 Å². The third-order valence-corrected chi connectivity index (χ3v) is 4.09. The number of nitrogens with zero attached hydrogens (tertiary/aromatic N) is 4. The molecule has 0 saturated heterocycles. The standard InChI is InChI=1S/C13H14N4OS/c1-2-11(18)10-5-3-4-6-12(10)19-13-14-15-16-17(13)9-7-8-9/h3-6,9H,2,7-8H2,1H3. The average Bonchev–Trinajstić information content (AvgIpc) is 3.19. The summed E-state index contributed by atoms with van der Waals surface area (Å²) in [5.74, 6) is 0.147. The minimum absolute atomic E-state index is 0.147. The van der Waals surface area contributed by atoms with Gasteiger partial charge in [-0.25, -0.2) is 4.68 Å². The molecule has 1 aromatic carbocycles. The first-order valence-corrected chi connectivity index (χ1v) is 7.19. The first-order valence-electron chi connectivity index (χ1n) is 6.37. The van der Waals surface area contributed by atoms with E-state index in [0.717, 1.165) is 28.5 Å². The molecule has 1 fully saturated rings. The highest BCUT2D eigenvalue weighted by Crippen LogP contribution is 2.38. The quantitative estimate of drug-likeness (QED) is 0.785. The summed E-state index contributed by atoms with van der Waals surface area (Å²) in [7, 11) is 0. The Balaban J connectivity index is 1.90. The number of hydrogen-bond donors (Lipinski definition) is 0. The molecular formula is C13H14N4OS. The van der Waals surface area contributed by atoms with E-state index < -0.39 is 0 Å². The lowest BCUT2D eigenvalue weighted by Crippen LogP contribution is -2.01. The maximum Gasteiger partial charge on any atom is 0.214 e. The zero-order chi connectivity index (χ0) is 13.2. The van der Waals surface area contributed by atoms with Crippen LogP contribution in [0.4, 0.5) is 0 Å². The van der Waals surface area contributed by atoms with Crippen molar-refractivity contribution in [1.82, 2.24) is 20.2 Å². The molecule has 1 saturated carbocycles. The van der Waals surface area contributed by atoms with E-state index in [2.05, 4.69) is 15.5 Å². The Morgan fingerprint density at radius 1 is 1.42 bits per heavy atom. The molecule has 19 heavy (non-hydrogen) atoms. The van der Waals surface area contributed by atoms with Crippen LogP contribution in [0.15, 0.2) is 34.3 Å². The minimum atomic E-state index is 0.147. The molecule has 6 heteroatoms. The summed E-state index contributed by atoms with van der Waals surface area (Å²) in [6.45, 7) is 1.87. The van der Waals surface area contributed by atoms with Crippen LogP contribution in [0, 0.1) is 0 Å². The molecule has 0 atom stereocenters. The number of tetrazole rings is 1. The number of carbonyl (C=O) groups is 1. The molecular weight excluding hydrogens is 260 g/mol. The lowest BCUT2D eigenvalue weighted by Gasteiger charge is -2.06. The number of rotatable bonds is 5. The van der Waals surface area contributed by atoms with Gasteiger partial charge in [0, 0.05) is 16.9 Å². The Hall–Kier alpha value is -1.69. The fourth-order valence-electron chi connectivity index (χ4n) is 1.88. The molecule has 3 rings (SSSR count). The normalized spacial score (nSPS) is 14.6. The highest BCUT2D eigenvalue weighted by atomic mass is 32.2. The van der Waals surface area contributed by atoms with E-state index in [1.54, 1.807) is 0 Å². The van der Waals surface area contributed by atoms with E-state index in [9.17, 15) is 4.79 Å². The van der Waals surface area contributed by atoms with Gasteiger partial charge >= 0.3 is 0 Å². The molecule has 2 aromatic rings. The Morgan fingerprint density at radius 3 is 2.95 bits per heavy atom. The van der Waals surface area contributed by atoms with Crippen molar-refractivity contribution in [2.24, 2.45) is 0 Å². The number of carbonyl (C=O) groups excluding carboxylic acids is 1. The van der Waals surface area contributed by atoms with Gasteiger partial charge in [-0.1, -0.05) is 25.1 Å². The fraction of sp³-hybridized carbons (Fsp3) is 0.385. The Morgan fingerprint density at radius 2 is 2.21 bits per heavy atom. The number of benzene rings is 1. The van der Waals surface area contributed by atoms with Crippen molar-refractivity contribution in [2.45, 2.75) is 42.3 Å². The van der Waals surface area contributed by atoms with Crippen LogP contribution in [0.1, 0.15) is 42.6 Å². The molecule has 0 amide bonds. The van der Waals surface area contributed by atoms with Crippen molar-refractivity contribution in [3.8, 4) is 0 Å². The molecule has 0 bridgehead atoms. The summed E-state index contributed by atoms with van der Waals surface area (Å²) in [4.78, 5) is 12.8. The predicted octanol–water partition coefficient (Wildman–Crippen LogP) is 2.75. The molecule has 1 aromatic heterocycles. The molecule has 0 spiro atoms. The van der Waals surface area contributed by atoms with E-state index in [1.165, 1.54) is 11.8 Å². The van der Waals surface area contributed by atoms with Gasteiger partial charge in [0.25, 0.3) is 0 Å². The fourth-order valence-corrected chi connectivity index (χ4v) is 2.87. The highest BCUT2D eigenvalue weighted by molar-refractivity contribution is 7.99. The van der Waals surface area contributed by atoms with Crippen LogP contribution in [-0.2, 0) is 0 Å². The van der Waals surface area contributed by atoms with E-state index in [-0.39, 0.29) is 5.78 Å². The van der Waals surface area contributed by atoms with Gasteiger partial charge in [-0.3, -0.25) is 4.79 Å². The summed E-state index contributed by atoms with van der Waals surface area (Å²) in [6, 6.07) is 8.06. The van der Waals surface area contributed by atoms with Crippen LogP contribution in [0.3, 0.4) is 0 Å². The van der Waals surface area contributed by atoms with Gasteiger partial charge < -0.3 is 0 Å². The topological polar surface area (TPSA) is 60.7 Å². The largest absolute Gasteiger partial charge is 0.294 e. The third-order valence-electron chi connectivity index (χ3n) is 3.07. The SMILES string of the molecule is CCC(=O)c1ccccc1Sc1nnnn1C1CC1. The lowest BCUT2D eigenvalue weighted by atomic mass is 10.1. The second-order valence-electron chi connectivity index (χ2n) is 4.51. The van der Waals surface area contributed by atoms with Crippen LogP contribution < -0.4 is 0 Å². The van der Waals surface area contributed by atoms with E-state index in [1.807, 2.05) is 35.9 Å². The maximum absolute atomic E-state index is 11.9. The Kier molecular flexibility index (Phi) is 3.33. The van der Waals surface area contributed by atoms with Gasteiger partial charge in [0.15, 0.2) is 5.78 Å². The molecule has 5 nitrogen and oxygen atoms in total. The van der Waals surface area contributed by atoms with Crippen LogP contribution >= 0.6 is 11.8 Å². The van der Waals surface area contributed by atoms with Crippen molar-refractivity contribution < 1.29 is 4.79 Å². The molecule has 0 radical (unpaired) electrons. The van der Waals surface area contributed by atoms with Crippen molar-refractivity contribution in [1.29, 1.82) is 0 Å². The van der Waals surface area contributed by atoms with Gasteiger partial charge in [-0.15, -0.1) is 5.10 Å². The van der Waals surface area contributed by atoms with Gasteiger partial charge in [0.1, 0.15) is 0 Å². The zero-order valence-electron chi connectivity index (χ0n) is 10.6. The van der Waals surface area contributed by atoms with E-state index in [0.29, 0.717) is 12.5 Å². The lowest BCUT2D eigenvalue weighted by molar-refractivity contribution is 0.0985. The first kappa shape index (κ1) is 12.3. The minimum Gasteiger partial charge on any atom is -0.294 e. The van der Waals surface area contributed by atoms with Gasteiger partial charge in [0.05, 0.1) is 6.04 Å². The molecule has 1 heterocycles. The first-order chi connectivity index (χ1) is 9.29. The van der Waals surface area contributed by atoms with E-state index >= 15 is 0 Å². The van der Waals surface area contributed by atoms with Crippen molar-refractivity contribution in [2.75, 3.05) is 0 Å². The van der Waals surface area contributed by atoms with Gasteiger partial charge in [-0.05, 0) is 41.1 Å². The molecule has 1 aliphatic rings. The highest BCUT2D eigenvalue weighted by Gasteiger charge is 2.28. The Labute approximate surface area is 115 Å². The van der Waals surface area contributed by atoms with Gasteiger partial charge in [0.2, 0.25) is 5.16 Å². The summed E-state index contributed by atoms with van der Waals surface area (Å²) in [5.41, 5.74) is 0.750. The van der Waals surface area contributed by atoms with E-state index in [4.69, 9.17) is 0 Å². The smallest absolute Gasteiger partial charge is 0.214 e. The number of ketones is 1. The second kappa shape index (κ2) is 5.13.